The highest BCUT2D eigenvalue weighted by molar-refractivity contribution is 7.12. The number of aromatic nitrogens is 2. The first-order chi connectivity index (χ1) is 10.7. The zero-order valence-electron chi connectivity index (χ0n) is 12.1. The maximum atomic E-state index is 12.8. The highest BCUT2D eigenvalue weighted by Crippen LogP contribution is 2.29. The smallest absolute Gasteiger partial charge is 0.271 e. The van der Waals surface area contributed by atoms with Crippen LogP contribution in [0.4, 0.5) is 17.6 Å². The highest BCUT2D eigenvalue weighted by Gasteiger charge is 2.35. The standard InChI is InChI=1S/C13H12F4N4OS/c1-7-5-10(13(15,16)17)20-21(7)8(2)12(22)19-18-6-9-3-4-11(14)23-9/h3-6,8H,1-2H3,(H,19,22)/b18-6-/t8-/m0/s1. The average molecular weight is 348 g/mol. The molecule has 2 aromatic heterocycles. The Morgan fingerprint density at radius 3 is 2.70 bits per heavy atom. The zero-order valence-corrected chi connectivity index (χ0v) is 12.9. The van der Waals surface area contributed by atoms with Crippen molar-refractivity contribution in [2.24, 2.45) is 5.10 Å². The SMILES string of the molecule is Cc1cc(C(F)(F)F)nn1[C@@H](C)C(=O)N/N=C\c1ccc(F)s1. The highest BCUT2D eigenvalue weighted by atomic mass is 32.1. The van der Waals surface area contributed by atoms with Gasteiger partial charge in [-0.2, -0.15) is 27.8 Å². The molecular formula is C13H12F4N4OS. The normalized spacial score (nSPS) is 13.5. The molecule has 0 radical (unpaired) electrons. The van der Waals surface area contributed by atoms with E-state index in [2.05, 4.69) is 15.6 Å². The van der Waals surface area contributed by atoms with Gasteiger partial charge in [0.25, 0.3) is 5.91 Å². The number of carbonyl (C=O) groups is 1. The summed E-state index contributed by atoms with van der Waals surface area (Å²) in [5.41, 5.74) is 1.32. The Labute approximate surface area is 132 Å². The second kappa shape index (κ2) is 6.49. The first-order valence-electron chi connectivity index (χ1n) is 6.40. The summed E-state index contributed by atoms with van der Waals surface area (Å²) in [4.78, 5) is 12.4. The van der Waals surface area contributed by atoms with Gasteiger partial charge in [0, 0.05) is 5.69 Å². The number of halogens is 4. The molecule has 0 spiro atoms. The van der Waals surface area contributed by atoms with Crippen LogP contribution in [0.1, 0.15) is 29.2 Å². The van der Waals surface area contributed by atoms with Crippen molar-refractivity contribution in [3.63, 3.8) is 0 Å². The predicted molar refractivity (Wildman–Crippen MR) is 76.7 cm³/mol. The molecule has 0 bridgehead atoms. The van der Waals surface area contributed by atoms with Crippen LogP contribution in [0.5, 0.6) is 0 Å². The van der Waals surface area contributed by atoms with Crippen molar-refractivity contribution >= 4 is 23.5 Å². The van der Waals surface area contributed by atoms with Gasteiger partial charge in [0.05, 0.1) is 11.1 Å². The number of nitrogens with one attached hydrogen (secondary N) is 1. The summed E-state index contributed by atoms with van der Waals surface area (Å²) in [5, 5.41) is 6.65. The number of nitrogens with zero attached hydrogens (tertiary/aromatic N) is 3. The van der Waals surface area contributed by atoms with E-state index in [1.54, 1.807) is 0 Å². The first-order valence-corrected chi connectivity index (χ1v) is 7.21. The molecule has 124 valence electrons. The molecule has 0 aromatic carbocycles. The van der Waals surface area contributed by atoms with Crippen molar-refractivity contribution in [2.45, 2.75) is 26.1 Å². The summed E-state index contributed by atoms with van der Waals surface area (Å²) >= 11 is 0.843. The molecule has 0 aliphatic heterocycles. The van der Waals surface area contributed by atoms with Crippen LogP contribution in [0, 0.1) is 12.1 Å². The number of aryl methyl sites for hydroxylation is 1. The van der Waals surface area contributed by atoms with E-state index in [-0.39, 0.29) is 5.69 Å². The van der Waals surface area contributed by atoms with E-state index in [9.17, 15) is 22.4 Å². The number of hydrazone groups is 1. The summed E-state index contributed by atoms with van der Waals surface area (Å²) in [6.45, 7) is 2.82. The Kier molecular flexibility index (Phi) is 4.83. The summed E-state index contributed by atoms with van der Waals surface area (Å²) in [7, 11) is 0. The fraction of sp³-hybridized carbons (Fsp3) is 0.308. The zero-order chi connectivity index (χ0) is 17.2. The second-order valence-electron chi connectivity index (χ2n) is 4.67. The van der Waals surface area contributed by atoms with Gasteiger partial charge in [-0.05, 0) is 32.0 Å². The van der Waals surface area contributed by atoms with Gasteiger partial charge in [0.2, 0.25) is 0 Å². The van der Waals surface area contributed by atoms with Crippen molar-refractivity contribution in [2.75, 3.05) is 0 Å². The van der Waals surface area contributed by atoms with Gasteiger partial charge < -0.3 is 0 Å². The molecule has 0 fully saturated rings. The van der Waals surface area contributed by atoms with Crippen molar-refractivity contribution < 1.29 is 22.4 Å². The van der Waals surface area contributed by atoms with Gasteiger partial charge >= 0.3 is 6.18 Å². The van der Waals surface area contributed by atoms with Crippen LogP contribution >= 0.6 is 11.3 Å². The first kappa shape index (κ1) is 17.1. The fourth-order valence-electron chi connectivity index (χ4n) is 1.78. The molecule has 2 aromatic rings. The molecule has 0 aliphatic carbocycles. The maximum absolute atomic E-state index is 12.8. The molecule has 10 heteroatoms. The molecule has 1 atom stereocenters. The third-order valence-electron chi connectivity index (χ3n) is 2.92. The van der Waals surface area contributed by atoms with Gasteiger partial charge in [0.15, 0.2) is 10.8 Å². The molecule has 23 heavy (non-hydrogen) atoms. The quantitative estimate of drug-likeness (QED) is 0.524. The predicted octanol–water partition coefficient (Wildman–Crippen LogP) is 3.12. The minimum Gasteiger partial charge on any atom is -0.271 e. The van der Waals surface area contributed by atoms with Crippen molar-refractivity contribution in [3.8, 4) is 0 Å². The molecule has 0 saturated heterocycles. The van der Waals surface area contributed by atoms with Gasteiger partial charge in [0.1, 0.15) is 6.04 Å². The van der Waals surface area contributed by atoms with Crippen LogP contribution in [-0.4, -0.2) is 21.9 Å². The van der Waals surface area contributed by atoms with Crippen LogP contribution in [0.2, 0.25) is 0 Å². The van der Waals surface area contributed by atoms with Crippen LogP contribution in [0.25, 0.3) is 0 Å². The van der Waals surface area contributed by atoms with Crippen LogP contribution in [-0.2, 0) is 11.0 Å². The number of thiophene rings is 1. The van der Waals surface area contributed by atoms with Crippen LogP contribution < -0.4 is 5.43 Å². The van der Waals surface area contributed by atoms with Gasteiger partial charge in [-0.3, -0.25) is 9.48 Å². The molecule has 0 saturated carbocycles. The Hall–Kier alpha value is -2.23. The van der Waals surface area contributed by atoms with Crippen LogP contribution in [0.15, 0.2) is 23.3 Å². The number of rotatable bonds is 4. The van der Waals surface area contributed by atoms with Gasteiger partial charge in [-0.1, -0.05) is 0 Å². The van der Waals surface area contributed by atoms with Crippen molar-refractivity contribution in [1.82, 2.24) is 15.2 Å². The molecule has 0 aliphatic rings. The molecule has 1 N–H and O–H groups in total. The van der Waals surface area contributed by atoms with E-state index >= 15 is 0 Å². The van der Waals surface area contributed by atoms with Crippen molar-refractivity contribution in [1.29, 1.82) is 0 Å². The van der Waals surface area contributed by atoms with Crippen LogP contribution in [0.3, 0.4) is 0 Å². The minimum atomic E-state index is -4.58. The third kappa shape index (κ3) is 4.15. The molecular weight excluding hydrogens is 336 g/mol. The van der Waals surface area contributed by atoms with E-state index in [1.807, 2.05) is 0 Å². The Morgan fingerprint density at radius 2 is 2.17 bits per heavy atom. The summed E-state index contributed by atoms with van der Waals surface area (Å²) < 4.78 is 51.6. The van der Waals surface area contributed by atoms with E-state index in [1.165, 1.54) is 32.2 Å². The molecule has 1 amide bonds. The van der Waals surface area contributed by atoms with Gasteiger partial charge in [-0.25, -0.2) is 5.43 Å². The molecule has 2 rings (SSSR count). The third-order valence-corrected chi connectivity index (χ3v) is 3.73. The summed E-state index contributed by atoms with van der Waals surface area (Å²) in [5.74, 6) is -0.641. The topological polar surface area (TPSA) is 59.3 Å². The Bertz CT molecular complexity index is 735. The lowest BCUT2D eigenvalue weighted by Gasteiger charge is -2.12. The number of hydrogen-bond acceptors (Lipinski definition) is 4. The Balaban J connectivity index is 2.05. The van der Waals surface area contributed by atoms with E-state index in [4.69, 9.17) is 0 Å². The lowest BCUT2D eigenvalue weighted by Crippen LogP contribution is -2.28. The summed E-state index contributed by atoms with van der Waals surface area (Å²) in [6, 6.07) is 2.61. The molecule has 5 nitrogen and oxygen atoms in total. The lowest BCUT2D eigenvalue weighted by molar-refractivity contribution is -0.142. The number of hydrogen-bond donors (Lipinski definition) is 1. The average Bonchev–Trinajstić information content (AvgIpc) is 3.03. The lowest BCUT2D eigenvalue weighted by atomic mass is 10.3. The van der Waals surface area contributed by atoms with E-state index < -0.39 is 29.0 Å². The van der Waals surface area contributed by atoms with Crippen molar-refractivity contribution in [3.05, 3.63) is 39.6 Å². The number of alkyl halides is 3. The maximum Gasteiger partial charge on any atom is 0.435 e. The largest absolute Gasteiger partial charge is 0.435 e. The summed E-state index contributed by atoms with van der Waals surface area (Å²) in [6.07, 6.45) is -3.33. The number of amides is 1. The number of carbonyl (C=O) groups excluding carboxylic acids is 1. The van der Waals surface area contributed by atoms with E-state index in [0.29, 0.717) is 4.88 Å². The minimum absolute atomic E-state index is 0.198. The fourth-order valence-corrected chi connectivity index (χ4v) is 2.38. The second-order valence-corrected chi connectivity index (χ2v) is 5.73. The monoisotopic (exact) mass is 348 g/mol. The molecule has 0 unspecified atom stereocenters. The molecule has 2 heterocycles. The Morgan fingerprint density at radius 1 is 1.48 bits per heavy atom. The van der Waals surface area contributed by atoms with Gasteiger partial charge in [-0.15, -0.1) is 11.3 Å². The van der Waals surface area contributed by atoms with E-state index in [0.717, 1.165) is 22.1 Å².